The van der Waals surface area contributed by atoms with E-state index in [2.05, 4.69) is 36.1 Å². The Morgan fingerprint density at radius 2 is 1.65 bits per heavy atom. The van der Waals surface area contributed by atoms with Crippen molar-refractivity contribution in [3.8, 4) is 5.75 Å². The van der Waals surface area contributed by atoms with Gasteiger partial charge in [0, 0.05) is 35.1 Å². The number of phenols is 1. The third kappa shape index (κ3) is 7.47. The van der Waals surface area contributed by atoms with Gasteiger partial charge in [-0.2, -0.15) is 0 Å². The summed E-state index contributed by atoms with van der Waals surface area (Å²) >= 11 is 14.0. The summed E-state index contributed by atoms with van der Waals surface area (Å²) in [6.45, 7) is 3.86. The zero-order valence-corrected chi connectivity index (χ0v) is 19.7. The Kier molecular flexibility index (Phi) is 8.67. The summed E-state index contributed by atoms with van der Waals surface area (Å²) in [7, 11) is 1.68. The highest BCUT2D eigenvalue weighted by atomic mass is 35.5. The summed E-state index contributed by atoms with van der Waals surface area (Å²) in [4.78, 5) is 8.12. The average molecular weight is 475 g/mol. The third-order valence-corrected chi connectivity index (χ3v) is 5.92. The predicted octanol–water partition coefficient (Wildman–Crippen LogP) is 6.94. The Bertz CT molecular complexity index is 1000. The van der Waals surface area contributed by atoms with E-state index in [9.17, 15) is 5.11 Å². The second-order valence-corrected chi connectivity index (χ2v) is 8.93. The van der Waals surface area contributed by atoms with Gasteiger partial charge in [0.15, 0.2) is 5.17 Å². The molecule has 3 rings (SSSR count). The van der Waals surface area contributed by atoms with Crippen LogP contribution in [0.4, 0.5) is 5.69 Å². The lowest BCUT2D eigenvalue weighted by molar-refractivity contribution is 0.175. The Labute approximate surface area is 197 Å². The van der Waals surface area contributed by atoms with Crippen LogP contribution in [0.1, 0.15) is 11.1 Å². The number of amidine groups is 1. The molecule has 0 bridgehead atoms. The van der Waals surface area contributed by atoms with E-state index in [0.717, 1.165) is 15.6 Å². The first kappa shape index (κ1) is 23.5. The van der Waals surface area contributed by atoms with Gasteiger partial charge in [0.05, 0.1) is 12.3 Å². The number of aliphatic imine (C=N–C) groups is 1. The van der Waals surface area contributed by atoms with E-state index in [1.165, 1.54) is 5.56 Å². The molecule has 1 N–H and O–H groups in total. The number of thioether (sulfide) groups is 1. The fraction of sp³-hybridized carbons (Fsp3) is 0.208. The fourth-order valence-corrected chi connectivity index (χ4v) is 4.28. The maximum atomic E-state index is 9.62. The quantitative estimate of drug-likeness (QED) is 0.229. The Balaban J connectivity index is 1.99. The van der Waals surface area contributed by atoms with E-state index in [-0.39, 0.29) is 5.75 Å². The number of hydrogen-bond donors (Lipinski definition) is 1. The molecule has 3 aromatic carbocycles. The smallest absolute Gasteiger partial charge is 0.169 e. The Hall–Kier alpha value is -2.18. The highest BCUT2D eigenvalue weighted by Crippen LogP contribution is 2.29. The van der Waals surface area contributed by atoms with Crippen molar-refractivity contribution in [2.75, 3.05) is 20.3 Å². The molecule has 0 unspecified atom stereocenters. The number of benzene rings is 3. The van der Waals surface area contributed by atoms with Gasteiger partial charge in [0.25, 0.3) is 0 Å². The number of halogens is 2. The third-order valence-electron chi connectivity index (χ3n) is 4.45. The molecule has 4 nitrogen and oxygen atoms in total. The van der Waals surface area contributed by atoms with Crippen molar-refractivity contribution in [1.82, 2.24) is 4.90 Å². The lowest BCUT2D eigenvalue weighted by Crippen LogP contribution is -2.31. The molecule has 0 saturated carbocycles. The van der Waals surface area contributed by atoms with E-state index < -0.39 is 0 Å². The molecule has 0 spiro atoms. The molecule has 0 heterocycles. The highest BCUT2D eigenvalue weighted by molar-refractivity contribution is 8.13. The van der Waals surface area contributed by atoms with Crippen LogP contribution in [0.3, 0.4) is 0 Å². The van der Waals surface area contributed by atoms with Gasteiger partial charge in [-0.05, 0) is 55.0 Å². The molecule has 31 heavy (non-hydrogen) atoms. The summed E-state index contributed by atoms with van der Waals surface area (Å²) in [5.41, 5.74) is 2.93. The van der Waals surface area contributed by atoms with Crippen LogP contribution in [0, 0.1) is 6.92 Å². The first-order valence-electron chi connectivity index (χ1n) is 9.74. The fourth-order valence-electron chi connectivity index (χ4n) is 2.85. The van der Waals surface area contributed by atoms with Crippen molar-refractivity contribution in [2.24, 2.45) is 4.99 Å². The molecule has 3 aromatic rings. The topological polar surface area (TPSA) is 45.1 Å². The molecule has 0 aliphatic rings. The van der Waals surface area contributed by atoms with E-state index in [1.807, 2.05) is 12.1 Å². The van der Waals surface area contributed by atoms with Crippen molar-refractivity contribution in [3.05, 3.63) is 87.9 Å². The summed E-state index contributed by atoms with van der Waals surface area (Å²) < 4.78 is 5.35. The maximum Gasteiger partial charge on any atom is 0.169 e. The van der Waals surface area contributed by atoms with Crippen LogP contribution in [-0.2, 0) is 11.3 Å². The zero-order valence-electron chi connectivity index (χ0n) is 17.4. The van der Waals surface area contributed by atoms with Crippen molar-refractivity contribution in [2.45, 2.75) is 18.4 Å². The molecular weight excluding hydrogens is 451 g/mol. The summed E-state index contributed by atoms with van der Waals surface area (Å²) in [6, 6.07) is 20.8. The Morgan fingerprint density at radius 1 is 1.00 bits per heavy atom. The van der Waals surface area contributed by atoms with Crippen LogP contribution in [0.25, 0.3) is 0 Å². The molecular formula is C24H24Cl2N2O2S. The van der Waals surface area contributed by atoms with Gasteiger partial charge in [0.2, 0.25) is 0 Å². The number of aryl methyl sites for hydroxylation is 1. The molecule has 0 aliphatic heterocycles. The number of rotatable bonds is 7. The minimum Gasteiger partial charge on any atom is -0.508 e. The average Bonchev–Trinajstić information content (AvgIpc) is 2.73. The molecule has 0 atom stereocenters. The summed E-state index contributed by atoms with van der Waals surface area (Å²) in [6.07, 6.45) is 0. The van der Waals surface area contributed by atoms with E-state index in [1.54, 1.807) is 49.2 Å². The zero-order chi connectivity index (χ0) is 22.2. The lowest BCUT2D eigenvalue weighted by atomic mass is 10.2. The number of methoxy groups -OCH3 is 1. The van der Waals surface area contributed by atoms with Crippen LogP contribution >= 0.6 is 35.0 Å². The van der Waals surface area contributed by atoms with Gasteiger partial charge in [0.1, 0.15) is 5.75 Å². The van der Waals surface area contributed by atoms with Gasteiger partial charge in [-0.1, -0.05) is 64.8 Å². The van der Waals surface area contributed by atoms with E-state index in [0.29, 0.717) is 35.4 Å². The maximum absolute atomic E-state index is 9.62. The van der Waals surface area contributed by atoms with Gasteiger partial charge in [-0.25, -0.2) is 4.99 Å². The standard InChI is InChI=1S/C24H24Cl2N2O2S/c1-17-3-9-23(10-4-17)31-24(27-21-14-19(25)13-20(26)15-21)28(11-12-30-2)16-18-5-7-22(29)8-6-18/h3-10,13-15,29H,11-12,16H2,1-2H3. The molecule has 0 aromatic heterocycles. The van der Waals surface area contributed by atoms with E-state index >= 15 is 0 Å². The van der Waals surface area contributed by atoms with E-state index in [4.69, 9.17) is 32.9 Å². The normalized spacial score (nSPS) is 11.5. The van der Waals surface area contributed by atoms with Crippen molar-refractivity contribution < 1.29 is 9.84 Å². The molecule has 0 fully saturated rings. The molecule has 162 valence electrons. The van der Waals surface area contributed by atoms with Gasteiger partial charge in [-0.3, -0.25) is 0 Å². The molecule has 7 heteroatoms. The second kappa shape index (κ2) is 11.4. The van der Waals surface area contributed by atoms with Crippen LogP contribution in [0.2, 0.25) is 10.0 Å². The van der Waals surface area contributed by atoms with Gasteiger partial charge in [-0.15, -0.1) is 0 Å². The van der Waals surface area contributed by atoms with Crippen molar-refractivity contribution in [1.29, 1.82) is 0 Å². The SMILES string of the molecule is COCCN(Cc1ccc(O)cc1)C(=Nc1cc(Cl)cc(Cl)c1)Sc1ccc(C)cc1. The van der Waals surface area contributed by atoms with Crippen molar-refractivity contribution >= 4 is 45.8 Å². The Morgan fingerprint density at radius 3 is 2.26 bits per heavy atom. The van der Waals surface area contributed by atoms with Crippen molar-refractivity contribution in [3.63, 3.8) is 0 Å². The minimum absolute atomic E-state index is 0.240. The first-order chi connectivity index (χ1) is 14.9. The van der Waals surface area contributed by atoms with Gasteiger partial charge >= 0.3 is 0 Å². The molecule has 0 aliphatic carbocycles. The second-order valence-electron chi connectivity index (χ2n) is 7.02. The number of nitrogens with zero attached hydrogens (tertiary/aromatic N) is 2. The first-order valence-corrected chi connectivity index (χ1v) is 11.3. The number of ether oxygens (including phenoxy) is 1. The highest BCUT2D eigenvalue weighted by Gasteiger charge is 2.15. The predicted molar refractivity (Wildman–Crippen MR) is 131 cm³/mol. The lowest BCUT2D eigenvalue weighted by Gasteiger charge is -2.26. The summed E-state index contributed by atoms with van der Waals surface area (Å²) in [5.74, 6) is 0.240. The molecule has 0 amide bonds. The van der Waals surface area contributed by atoms with Crippen LogP contribution in [-0.4, -0.2) is 35.4 Å². The number of phenolic OH excluding ortho intramolecular Hbond substituents is 1. The number of aromatic hydroxyl groups is 1. The molecule has 0 radical (unpaired) electrons. The monoisotopic (exact) mass is 474 g/mol. The number of hydrogen-bond acceptors (Lipinski definition) is 4. The van der Waals surface area contributed by atoms with Crippen LogP contribution in [0.15, 0.2) is 76.6 Å². The molecule has 0 saturated heterocycles. The minimum atomic E-state index is 0.240. The largest absolute Gasteiger partial charge is 0.508 e. The summed E-state index contributed by atoms with van der Waals surface area (Å²) in [5, 5.41) is 11.5. The van der Waals surface area contributed by atoms with Gasteiger partial charge < -0.3 is 14.7 Å². The van der Waals surface area contributed by atoms with Crippen LogP contribution < -0.4 is 0 Å². The van der Waals surface area contributed by atoms with Crippen LogP contribution in [0.5, 0.6) is 5.75 Å².